The Morgan fingerprint density at radius 1 is 0.875 bits per heavy atom. The zero-order chi connectivity index (χ0) is 21.7. The van der Waals surface area contributed by atoms with Gasteiger partial charge in [-0.1, -0.05) is 60.1 Å². The van der Waals surface area contributed by atoms with Crippen LogP contribution in [0.15, 0.2) is 85.1 Å². The van der Waals surface area contributed by atoms with E-state index < -0.39 is 0 Å². The highest BCUT2D eigenvalue weighted by atomic mass is 35.5. The number of aliphatic hydroxyl groups excluding tert-OH is 1. The average Bonchev–Trinajstić information content (AvgIpc) is 3.40. The van der Waals surface area contributed by atoms with E-state index in [0.717, 1.165) is 54.6 Å². The Morgan fingerprint density at radius 3 is 2.44 bits per heavy atom. The lowest BCUT2D eigenvalue weighted by molar-refractivity contribution is 0.277. The highest BCUT2D eigenvalue weighted by Crippen LogP contribution is 2.38. The van der Waals surface area contributed by atoms with Crippen LogP contribution >= 0.6 is 11.6 Å². The van der Waals surface area contributed by atoms with Crippen LogP contribution in [-0.4, -0.2) is 19.6 Å². The van der Waals surface area contributed by atoms with E-state index in [-0.39, 0.29) is 6.61 Å². The second-order valence-electron chi connectivity index (χ2n) is 7.99. The number of para-hydroxylation sites is 2. The summed E-state index contributed by atoms with van der Waals surface area (Å²) in [6.45, 7) is 0.582. The van der Waals surface area contributed by atoms with Crippen molar-refractivity contribution in [1.82, 2.24) is 14.5 Å². The van der Waals surface area contributed by atoms with Gasteiger partial charge in [-0.2, -0.15) is 0 Å². The smallest absolute Gasteiger partial charge is 0.0971 e. The Hall–Kier alpha value is -3.60. The molecule has 0 saturated carbocycles. The van der Waals surface area contributed by atoms with Crippen LogP contribution in [0.1, 0.15) is 11.3 Å². The summed E-state index contributed by atoms with van der Waals surface area (Å²) in [6.07, 6.45) is 2.01. The largest absolute Gasteiger partial charge is 0.390 e. The molecule has 4 nitrogen and oxygen atoms in total. The first-order chi connectivity index (χ1) is 15.7. The monoisotopic (exact) mass is 437 g/mol. The molecule has 0 radical (unpaired) electrons. The fraction of sp³-hybridized carbons (Fsp3) is 0.0741. The zero-order valence-corrected chi connectivity index (χ0v) is 18.0. The standard InChI is InChI=1S/C27H20ClN3O/c28-18-11-9-17(10-12-18)15-31-25-8-4-2-6-21(25)22-13-19(16-32)30-26(27(22)31)23-14-29-24-7-3-1-5-20(23)24/h1-14,29,32H,15-16H2. The number of benzene rings is 3. The highest BCUT2D eigenvalue weighted by Gasteiger charge is 2.19. The van der Waals surface area contributed by atoms with Gasteiger partial charge in [-0.15, -0.1) is 0 Å². The molecule has 0 aliphatic rings. The maximum Gasteiger partial charge on any atom is 0.0971 e. The molecule has 0 spiro atoms. The van der Waals surface area contributed by atoms with Crippen LogP contribution in [0.2, 0.25) is 5.02 Å². The fourth-order valence-corrected chi connectivity index (χ4v) is 4.73. The molecule has 2 N–H and O–H groups in total. The minimum atomic E-state index is -0.109. The molecular formula is C27H20ClN3O. The summed E-state index contributed by atoms with van der Waals surface area (Å²) >= 11 is 6.12. The number of rotatable bonds is 4. The fourth-order valence-electron chi connectivity index (χ4n) is 4.60. The van der Waals surface area contributed by atoms with Gasteiger partial charge in [0.15, 0.2) is 0 Å². The number of halogens is 1. The lowest BCUT2D eigenvalue weighted by atomic mass is 10.1. The molecular weight excluding hydrogens is 418 g/mol. The molecule has 0 aliphatic heterocycles. The van der Waals surface area contributed by atoms with Crippen molar-refractivity contribution in [1.29, 1.82) is 0 Å². The Morgan fingerprint density at radius 2 is 1.62 bits per heavy atom. The maximum absolute atomic E-state index is 9.98. The summed E-state index contributed by atoms with van der Waals surface area (Å²) in [5, 5.41) is 14.1. The van der Waals surface area contributed by atoms with Gasteiger partial charge in [0.05, 0.1) is 23.5 Å². The van der Waals surface area contributed by atoms with Crippen LogP contribution < -0.4 is 0 Å². The van der Waals surface area contributed by atoms with Gasteiger partial charge in [0.2, 0.25) is 0 Å². The molecule has 156 valence electrons. The van der Waals surface area contributed by atoms with Gasteiger partial charge in [-0.05, 0) is 35.9 Å². The molecule has 0 fully saturated rings. The van der Waals surface area contributed by atoms with Crippen molar-refractivity contribution in [3.63, 3.8) is 0 Å². The van der Waals surface area contributed by atoms with Gasteiger partial charge in [-0.3, -0.25) is 0 Å². The second kappa shape index (κ2) is 7.52. The van der Waals surface area contributed by atoms with Crippen LogP contribution in [0.4, 0.5) is 0 Å². The second-order valence-corrected chi connectivity index (χ2v) is 8.43. The van der Waals surface area contributed by atoms with E-state index in [1.165, 1.54) is 0 Å². The van der Waals surface area contributed by atoms with E-state index in [2.05, 4.69) is 58.1 Å². The minimum absolute atomic E-state index is 0.109. The van der Waals surface area contributed by atoms with Gasteiger partial charge in [0.1, 0.15) is 0 Å². The van der Waals surface area contributed by atoms with Crippen LogP contribution in [0, 0.1) is 0 Å². The summed E-state index contributed by atoms with van der Waals surface area (Å²) < 4.78 is 2.32. The number of nitrogens with one attached hydrogen (secondary N) is 1. The van der Waals surface area contributed by atoms with E-state index in [4.69, 9.17) is 16.6 Å². The predicted octanol–water partition coefficient (Wildman–Crippen LogP) is 6.53. The number of fused-ring (bicyclic) bond motifs is 4. The summed E-state index contributed by atoms with van der Waals surface area (Å²) in [5.41, 5.74) is 6.97. The molecule has 0 amide bonds. The molecule has 0 atom stereocenters. The lowest BCUT2D eigenvalue weighted by Crippen LogP contribution is -2.02. The van der Waals surface area contributed by atoms with Crippen LogP contribution in [0.3, 0.4) is 0 Å². The van der Waals surface area contributed by atoms with E-state index in [9.17, 15) is 5.11 Å². The van der Waals surface area contributed by atoms with Crippen LogP contribution in [0.5, 0.6) is 0 Å². The zero-order valence-electron chi connectivity index (χ0n) is 17.2. The van der Waals surface area contributed by atoms with Crippen molar-refractivity contribution in [2.45, 2.75) is 13.2 Å². The van der Waals surface area contributed by atoms with Crippen molar-refractivity contribution < 1.29 is 5.11 Å². The maximum atomic E-state index is 9.98. The highest BCUT2D eigenvalue weighted by molar-refractivity contribution is 6.30. The van der Waals surface area contributed by atoms with Crippen molar-refractivity contribution in [3.8, 4) is 11.3 Å². The number of aromatic nitrogens is 3. The Balaban J connectivity index is 1.71. The van der Waals surface area contributed by atoms with Crippen LogP contribution in [-0.2, 0) is 13.2 Å². The Labute approximate surface area is 189 Å². The molecule has 0 bridgehead atoms. The third-order valence-electron chi connectivity index (χ3n) is 6.06. The molecule has 3 aromatic carbocycles. The van der Waals surface area contributed by atoms with Gasteiger partial charge in [-0.25, -0.2) is 4.98 Å². The molecule has 0 saturated heterocycles. The van der Waals surface area contributed by atoms with Gasteiger partial charge >= 0.3 is 0 Å². The number of nitrogens with zero attached hydrogens (tertiary/aromatic N) is 2. The third kappa shape index (κ3) is 3.00. The number of aliphatic hydroxyl groups is 1. The summed E-state index contributed by atoms with van der Waals surface area (Å²) in [5.74, 6) is 0. The Bertz CT molecular complexity index is 1600. The Kier molecular flexibility index (Phi) is 4.49. The molecule has 6 aromatic rings. The number of hydrogen-bond donors (Lipinski definition) is 2. The van der Waals surface area contributed by atoms with Crippen molar-refractivity contribution in [2.24, 2.45) is 0 Å². The predicted molar refractivity (Wildman–Crippen MR) is 131 cm³/mol. The van der Waals surface area contributed by atoms with Gasteiger partial charge in [0.25, 0.3) is 0 Å². The van der Waals surface area contributed by atoms with Gasteiger partial charge in [0, 0.05) is 50.5 Å². The average molecular weight is 438 g/mol. The topological polar surface area (TPSA) is 53.8 Å². The van der Waals surface area contributed by atoms with Crippen molar-refractivity contribution in [2.75, 3.05) is 0 Å². The van der Waals surface area contributed by atoms with E-state index in [1.54, 1.807) is 0 Å². The quantitative estimate of drug-likeness (QED) is 0.329. The molecule has 6 rings (SSSR count). The van der Waals surface area contributed by atoms with E-state index in [1.807, 2.05) is 36.5 Å². The van der Waals surface area contributed by atoms with Crippen LogP contribution in [0.25, 0.3) is 44.0 Å². The first-order valence-corrected chi connectivity index (χ1v) is 10.9. The summed E-state index contributed by atoms with van der Waals surface area (Å²) in [4.78, 5) is 8.28. The van der Waals surface area contributed by atoms with Crippen molar-refractivity contribution >= 4 is 44.3 Å². The molecule has 32 heavy (non-hydrogen) atoms. The number of H-pyrrole nitrogens is 1. The molecule has 0 aliphatic carbocycles. The normalized spacial score (nSPS) is 11.7. The van der Waals surface area contributed by atoms with Crippen molar-refractivity contribution in [3.05, 3.63) is 101 Å². The molecule has 3 aromatic heterocycles. The minimum Gasteiger partial charge on any atom is -0.390 e. The first kappa shape index (κ1) is 19.1. The molecule has 5 heteroatoms. The summed E-state index contributed by atoms with van der Waals surface area (Å²) in [7, 11) is 0. The molecule has 0 unspecified atom stereocenters. The van der Waals surface area contributed by atoms with E-state index >= 15 is 0 Å². The number of hydrogen-bond acceptors (Lipinski definition) is 2. The molecule has 3 heterocycles. The SMILES string of the molecule is OCc1cc2c3ccccc3n(Cc3ccc(Cl)cc3)c2c(-c2c[nH]c3ccccc23)n1. The first-order valence-electron chi connectivity index (χ1n) is 10.6. The number of pyridine rings is 1. The number of aromatic amines is 1. The third-order valence-corrected chi connectivity index (χ3v) is 6.31. The lowest BCUT2D eigenvalue weighted by Gasteiger charge is -2.12. The summed E-state index contributed by atoms with van der Waals surface area (Å²) in [6, 6.07) is 26.6. The van der Waals surface area contributed by atoms with Gasteiger partial charge < -0.3 is 14.7 Å². The van der Waals surface area contributed by atoms with E-state index in [0.29, 0.717) is 12.2 Å².